The van der Waals surface area contributed by atoms with Gasteiger partial charge in [0.1, 0.15) is 12.0 Å². The highest BCUT2D eigenvalue weighted by atomic mass is 35.5. The largest absolute Gasteiger partial charge is 0.308 e. The molecule has 0 aliphatic heterocycles. The van der Waals surface area contributed by atoms with E-state index in [1.807, 2.05) is 26.0 Å². The average molecular weight is 447 g/mol. The Balaban J connectivity index is 0.00000218. The van der Waals surface area contributed by atoms with E-state index >= 15 is 0 Å². The molecule has 0 radical (unpaired) electrons. The van der Waals surface area contributed by atoms with Gasteiger partial charge in [-0.15, -0.1) is 12.8 Å². The Morgan fingerprint density at radius 1 is 1.40 bits per heavy atom. The lowest BCUT2D eigenvalue weighted by Gasteiger charge is -2.05. The number of thioether (sulfide) groups is 1. The van der Waals surface area contributed by atoms with Gasteiger partial charge >= 0.3 is 0 Å². The van der Waals surface area contributed by atoms with Crippen molar-refractivity contribution in [2.24, 2.45) is 0 Å². The molecule has 2 rings (SSSR count). The van der Waals surface area contributed by atoms with Gasteiger partial charge in [0.2, 0.25) is 0 Å². The van der Waals surface area contributed by atoms with Crippen LogP contribution in [-0.4, -0.2) is 19.7 Å². The fraction of sp³-hybridized carbons (Fsp3) is 0.227. The molecule has 0 spiro atoms. The summed E-state index contributed by atoms with van der Waals surface area (Å²) in [7, 11) is 0. The first kappa shape index (κ1) is 25.2. The van der Waals surface area contributed by atoms with Crippen molar-refractivity contribution < 1.29 is 4.39 Å². The highest BCUT2D eigenvalue weighted by Crippen LogP contribution is 2.21. The number of hydrogen-bond donors (Lipinski definition) is 1. The molecule has 1 heterocycles. The van der Waals surface area contributed by atoms with Crippen LogP contribution in [-0.2, 0) is 12.3 Å². The molecule has 0 atom stereocenters. The highest BCUT2D eigenvalue weighted by Gasteiger charge is 2.05. The van der Waals surface area contributed by atoms with Gasteiger partial charge in [-0.1, -0.05) is 41.6 Å². The van der Waals surface area contributed by atoms with Crippen LogP contribution in [0.3, 0.4) is 0 Å². The number of terminal acetylenes is 1. The Morgan fingerprint density at radius 3 is 2.83 bits per heavy atom. The summed E-state index contributed by atoms with van der Waals surface area (Å²) in [5, 5.41) is 7.79. The minimum Gasteiger partial charge on any atom is -0.308 e. The number of hydrogen-bond acceptors (Lipinski definition) is 4. The molecule has 2 aromatic rings. The molecule has 0 amide bonds. The third-order valence-corrected chi connectivity index (χ3v) is 5.30. The Kier molecular flexibility index (Phi) is 11.3. The van der Waals surface area contributed by atoms with Crippen molar-refractivity contribution in [1.82, 2.24) is 19.7 Å². The second-order valence-electron chi connectivity index (χ2n) is 6.01. The Bertz CT molecular complexity index is 1040. The molecule has 0 saturated carbocycles. The summed E-state index contributed by atoms with van der Waals surface area (Å²) in [5.41, 5.74) is 2.03. The lowest BCUT2D eigenvalue weighted by Crippen LogP contribution is -2.17. The first-order valence-corrected chi connectivity index (χ1v) is 10.3. The highest BCUT2D eigenvalue weighted by molar-refractivity contribution is 7.98. The second kappa shape index (κ2) is 13.4. The summed E-state index contributed by atoms with van der Waals surface area (Å²) in [6, 6.07) is 4.99. The van der Waals surface area contributed by atoms with E-state index in [4.69, 9.17) is 11.6 Å². The summed E-state index contributed by atoms with van der Waals surface area (Å²) < 4.78 is 15.1. The third-order valence-electron chi connectivity index (χ3n) is 3.93. The normalized spacial score (nSPS) is 11.3. The van der Waals surface area contributed by atoms with E-state index in [0.717, 1.165) is 11.1 Å². The number of H-pyrrole nitrogens is 1. The van der Waals surface area contributed by atoms with E-state index < -0.39 is 0 Å². The van der Waals surface area contributed by atoms with Gasteiger partial charge in [-0.2, -0.15) is 5.10 Å². The van der Waals surface area contributed by atoms with Crippen LogP contribution in [0.15, 0.2) is 69.5 Å². The van der Waals surface area contributed by atoms with Crippen LogP contribution in [0.2, 0.25) is 0 Å². The predicted octanol–water partition coefficient (Wildman–Crippen LogP) is 5.17. The zero-order valence-corrected chi connectivity index (χ0v) is 18.7. The van der Waals surface area contributed by atoms with E-state index in [0.29, 0.717) is 28.0 Å². The van der Waals surface area contributed by atoms with Crippen LogP contribution in [0.25, 0.3) is 0 Å². The fourth-order valence-corrected chi connectivity index (χ4v) is 3.32. The smallest absolute Gasteiger partial charge is 0.271 e. The average Bonchev–Trinajstić information content (AvgIpc) is 2.82. The number of rotatable bonds is 6. The van der Waals surface area contributed by atoms with Crippen molar-refractivity contribution in [3.05, 3.63) is 86.8 Å². The number of benzene rings is 1. The summed E-state index contributed by atoms with van der Waals surface area (Å²) >= 11 is 7.55. The van der Waals surface area contributed by atoms with E-state index in [1.165, 1.54) is 34.8 Å². The van der Waals surface area contributed by atoms with Crippen molar-refractivity contribution in [1.29, 1.82) is 0 Å². The van der Waals surface area contributed by atoms with Gasteiger partial charge in [-0.3, -0.25) is 9.89 Å². The van der Waals surface area contributed by atoms with Crippen molar-refractivity contribution in [3.8, 4) is 12.8 Å². The third kappa shape index (κ3) is 7.90. The van der Waals surface area contributed by atoms with Crippen molar-refractivity contribution in [2.75, 3.05) is 0 Å². The zero-order valence-electron chi connectivity index (χ0n) is 17.1. The lowest BCUT2D eigenvalue weighted by molar-refractivity contribution is 0.616. The number of aromatic amines is 1. The Morgan fingerprint density at radius 2 is 2.13 bits per heavy atom. The maximum absolute atomic E-state index is 13.7. The number of allylic oxidation sites excluding steroid dienone is 4. The maximum atomic E-state index is 13.7. The number of halogens is 2. The van der Waals surface area contributed by atoms with Gasteiger partial charge in [0, 0.05) is 29.7 Å². The van der Waals surface area contributed by atoms with E-state index in [-0.39, 0.29) is 11.4 Å². The van der Waals surface area contributed by atoms with Crippen molar-refractivity contribution >= 4 is 23.4 Å². The molecule has 1 N–H and O–H groups in total. The first-order valence-electron chi connectivity index (χ1n) is 8.94. The van der Waals surface area contributed by atoms with Gasteiger partial charge in [-0.05, 0) is 49.6 Å². The van der Waals surface area contributed by atoms with Crippen LogP contribution < -0.4 is 5.56 Å². The molecule has 0 saturated heterocycles. The molecule has 1 aromatic heterocycles. The Labute approximate surface area is 185 Å². The summed E-state index contributed by atoms with van der Waals surface area (Å²) in [6.45, 7) is 5.80. The van der Waals surface area contributed by atoms with Crippen LogP contribution in [0.1, 0.15) is 25.0 Å². The quantitative estimate of drug-likeness (QED) is 0.377. The molecule has 5 nitrogen and oxygen atoms in total. The topological polar surface area (TPSA) is 63.6 Å². The van der Waals surface area contributed by atoms with Crippen molar-refractivity contribution in [3.63, 3.8) is 0 Å². The molecule has 1 aromatic carbocycles. The summed E-state index contributed by atoms with van der Waals surface area (Å²) in [6.07, 6.45) is 15.9. The number of nitrogens with one attached hydrogen (secondary N) is 1. The van der Waals surface area contributed by atoms with E-state index in [9.17, 15) is 9.18 Å². The molecule has 30 heavy (non-hydrogen) atoms. The van der Waals surface area contributed by atoms with Gasteiger partial charge in [0.05, 0.1) is 0 Å². The second-order valence-corrected chi connectivity index (χ2v) is 7.38. The SMILES string of the molecule is C#C.C/C=C\C(Cl)=C(\C)Cn1ccnc(SCc2cccc(F)c2C)[nH]ncc1=O. The standard InChI is InChI=1S/C20H22ClFN4OS.C2H2/c1-4-6-17(21)14(2)12-26-10-9-23-20(25-24-11-19(26)27)28-13-16-7-5-8-18(22)15(16)3;1-2/h4-11H,12-13H2,1-3H3,(H,23,25);1-2H/b6-4-,10-9?,17-14+,24-11?;. The number of nitrogens with zero attached hydrogens (tertiary/aromatic N) is 3. The molecule has 0 aliphatic rings. The molecule has 0 fully saturated rings. The lowest BCUT2D eigenvalue weighted by atomic mass is 10.1. The zero-order chi connectivity index (χ0) is 22.5. The van der Waals surface area contributed by atoms with Gasteiger partial charge in [0.15, 0.2) is 5.16 Å². The fourth-order valence-electron chi connectivity index (χ4n) is 2.28. The summed E-state index contributed by atoms with van der Waals surface area (Å²) in [5.74, 6) is 0.290. The predicted molar refractivity (Wildman–Crippen MR) is 122 cm³/mol. The maximum Gasteiger partial charge on any atom is 0.271 e. The summed E-state index contributed by atoms with van der Waals surface area (Å²) in [4.78, 5) is 16.6. The van der Waals surface area contributed by atoms with Crippen LogP contribution in [0.4, 0.5) is 4.39 Å². The number of aromatic nitrogens is 4. The van der Waals surface area contributed by atoms with Crippen LogP contribution >= 0.6 is 23.4 Å². The van der Waals surface area contributed by atoms with Crippen LogP contribution in [0, 0.1) is 25.6 Å². The van der Waals surface area contributed by atoms with Gasteiger partial charge < -0.3 is 4.57 Å². The monoisotopic (exact) mass is 446 g/mol. The van der Waals surface area contributed by atoms with Crippen LogP contribution in [0.5, 0.6) is 0 Å². The van der Waals surface area contributed by atoms with Gasteiger partial charge in [-0.25, -0.2) is 9.37 Å². The Hall–Kier alpha value is -2.82. The van der Waals surface area contributed by atoms with Crippen molar-refractivity contribution in [2.45, 2.75) is 38.2 Å². The van der Waals surface area contributed by atoms with E-state index in [2.05, 4.69) is 28.0 Å². The molecule has 0 unspecified atom stereocenters. The minimum absolute atomic E-state index is 0.235. The molecule has 8 heteroatoms. The molecule has 158 valence electrons. The first-order chi connectivity index (χ1) is 14.4. The molecular weight excluding hydrogens is 423 g/mol. The molecule has 0 aliphatic carbocycles. The minimum atomic E-state index is -0.296. The van der Waals surface area contributed by atoms with Gasteiger partial charge in [0.25, 0.3) is 5.56 Å². The molecular formula is C22H24ClFN4OS. The van der Waals surface area contributed by atoms with E-state index in [1.54, 1.807) is 25.3 Å². The molecule has 0 bridgehead atoms.